The predicted octanol–water partition coefficient (Wildman–Crippen LogP) is 6.52. The molecule has 0 radical (unpaired) electrons. The zero-order chi connectivity index (χ0) is 18.3. The van der Waals surface area contributed by atoms with Gasteiger partial charge in [0.25, 0.3) is 0 Å². The Morgan fingerprint density at radius 3 is 2.17 bits per heavy atom. The van der Waals surface area contributed by atoms with Crippen LogP contribution < -0.4 is 5.32 Å². The molecule has 0 heterocycles. The maximum Gasteiger partial charge on any atom is 0.0340 e. The Hall–Kier alpha value is -1.76. The van der Waals surface area contributed by atoms with E-state index in [1.54, 1.807) is 0 Å². The van der Waals surface area contributed by atoms with Crippen molar-refractivity contribution in [2.45, 2.75) is 54.9 Å². The first kappa shape index (κ1) is 20.3. The van der Waals surface area contributed by atoms with Crippen LogP contribution in [0.1, 0.15) is 59.1 Å². The fourth-order valence-electron chi connectivity index (χ4n) is 3.09. The van der Waals surface area contributed by atoms with E-state index in [0.717, 1.165) is 18.7 Å². The lowest BCUT2D eigenvalue weighted by Gasteiger charge is -2.27. The van der Waals surface area contributed by atoms with Crippen LogP contribution in [0.15, 0.2) is 54.1 Å². The van der Waals surface area contributed by atoms with E-state index in [-0.39, 0.29) is 5.41 Å². The third-order valence-electron chi connectivity index (χ3n) is 4.42. The van der Waals surface area contributed by atoms with E-state index in [0.29, 0.717) is 5.92 Å². The molecule has 0 saturated carbocycles. The van der Waals surface area contributed by atoms with Crippen molar-refractivity contribution in [2.24, 2.45) is 11.3 Å². The Morgan fingerprint density at radius 1 is 1.12 bits per heavy atom. The molecule has 1 unspecified atom stereocenters. The first-order chi connectivity index (χ1) is 11.2. The van der Waals surface area contributed by atoms with E-state index in [1.165, 1.54) is 22.3 Å². The topological polar surface area (TPSA) is 12.0 Å². The molecular weight excluding hydrogens is 290 g/mol. The van der Waals surface area contributed by atoms with Crippen molar-refractivity contribution in [1.82, 2.24) is 5.32 Å². The highest BCUT2D eigenvalue weighted by Crippen LogP contribution is 2.34. The van der Waals surface area contributed by atoms with Crippen molar-refractivity contribution in [1.29, 1.82) is 0 Å². The highest BCUT2D eigenvalue weighted by atomic mass is 14.9. The Kier molecular flexibility index (Phi) is 7.54. The van der Waals surface area contributed by atoms with Gasteiger partial charge in [-0.3, -0.25) is 0 Å². The molecule has 0 aliphatic rings. The summed E-state index contributed by atoms with van der Waals surface area (Å²) in [6.07, 6.45) is 5.62. The van der Waals surface area contributed by atoms with Gasteiger partial charge in [0.2, 0.25) is 0 Å². The van der Waals surface area contributed by atoms with Gasteiger partial charge >= 0.3 is 0 Å². The van der Waals surface area contributed by atoms with E-state index in [9.17, 15) is 0 Å². The Balaban J connectivity index is 2.63. The largest absolute Gasteiger partial charge is 0.385 e. The van der Waals surface area contributed by atoms with Gasteiger partial charge < -0.3 is 5.32 Å². The third-order valence-corrected chi connectivity index (χ3v) is 4.42. The van der Waals surface area contributed by atoms with Gasteiger partial charge in [0.1, 0.15) is 0 Å². The SMILES string of the molecule is C=C(NCC(C)CC(=C/C)/C(=C\C)C(C)(C)C)c1ccc(C)cc1. The van der Waals surface area contributed by atoms with Crippen LogP contribution >= 0.6 is 0 Å². The molecule has 1 nitrogen and oxygen atoms in total. The second-order valence-electron chi connectivity index (χ2n) is 7.80. The normalized spacial score (nSPS) is 14.5. The highest BCUT2D eigenvalue weighted by Gasteiger charge is 2.20. The van der Waals surface area contributed by atoms with Crippen molar-refractivity contribution in [3.05, 3.63) is 65.3 Å². The number of benzene rings is 1. The van der Waals surface area contributed by atoms with Gasteiger partial charge in [-0.2, -0.15) is 0 Å². The molecule has 0 fully saturated rings. The average Bonchev–Trinajstić information content (AvgIpc) is 2.51. The number of aryl methyl sites for hydroxylation is 1. The van der Waals surface area contributed by atoms with Crippen LogP contribution in [0.5, 0.6) is 0 Å². The molecule has 1 N–H and O–H groups in total. The molecule has 1 heteroatoms. The van der Waals surface area contributed by atoms with Crippen LogP contribution in [-0.2, 0) is 0 Å². The molecule has 0 aliphatic carbocycles. The summed E-state index contributed by atoms with van der Waals surface area (Å²) in [4.78, 5) is 0. The van der Waals surface area contributed by atoms with Crippen LogP contribution in [0.3, 0.4) is 0 Å². The Bertz CT molecular complexity index is 594. The molecular formula is C23H35N. The molecule has 132 valence electrons. The van der Waals surface area contributed by atoms with Crippen molar-refractivity contribution in [3.8, 4) is 0 Å². The molecule has 1 aromatic rings. The van der Waals surface area contributed by atoms with Gasteiger partial charge in [0.05, 0.1) is 0 Å². The van der Waals surface area contributed by atoms with Crippen molar-refractivity contribution < 1.29 is 0 Å². The fraction of sp³-hybridized carbons (Fsp3) is 0.478. The van der Waals surface area contributed by atoms with Gasteiger partial charge in [-0.1, -0.05) is 76.3 Å². The maximum absolute atomic E-state index is 4.18. The van der Waals surface area contributed by atoms with Gasteiger partial charge in [0, 0.05) is 12.2 Å². The van der Waals surface area contributed by atoms with Crippen LogP contribution in [0.4, 0.5) is 0 Å². The number of allylic oxidation sites excluding steroid dienone is 4. The average molecular weight is 326 g/mol. The first-order valence-electron chi connectivity index (χ1n) is 9.01. The summed E-state index contributed by atoms with van der Waals surface area (Å²) in [6, 6.07) is 8.52. The van der Waals surface area contributed by atoms with E-state index >= 15 is 0 Å². The van der Waals surface area contributed by atoms with Gasteiger partial charge in [-0.05, 0) is 55.2 Å². The number of hydrogen-bond donors (Lipinski definition) is 1. The summed E-state index contributed by atoms with van der Waals surface area (Å²) in [7, 11) is 0. The second kappa shape index (κ2) is 8.92. The molecule has 0 aromatic heterocycles. The molecule has 0 saturated heterocycles. The smallest absolute Gasteiger partial charge is 0.0340 e. The highest BCUT2D eigenvalue weighted by molar-refractivity contribution is 5.61. The Labute approximate surface area is 149 Å². The molecule has 0 amide bonds. The lowest BCUT2D eigenvalue weighted by atomic mass is 9.79. The predicted molar refractivity (Wildman–Crippen MR) is 109 cm³/mol. The maximum atomic E-state index is 4.18. The van der Waals surface area contributed by atoms with Crippen LogP contribution in [0, 0.1) is 18.3 Å². The van der Waals surface area contributed by atoms with Crippen molar-refractivity contribution in [3.63, 3.8) is 0 Å². The van der Waals surface area contributed by atoms with Crippen molar-refractivity contribution >= 4 is 5.70 Å². The molecule has 24 heavy (non-hydrogen) atoms. The monoisotopic (exact) mass is 325 g/mol. The summed E-state index contributed by atoms with van der Waals surface area (Å²) in [5.74, 6) is 0.552. The van der Waals surface area contributed by atoms with E-state index in [1.807, 2.05) is 0 Å². The van der Waals surface area contributed by atoms with E-state index < -0.39 is 0 Å². The van der Waals surface area contributed by atoms with E-state index in [2.05, 4.69) is 96.8 Å². The molecule has 0 bridgehead atoms. The Morgan fingerprint density at radius 2 is 1.71 bits per heavy atom. The molecule has 1 aromatic carbocycles. The summed E-state index contributed by atoms with van der Waals surface area (Å²) >= 11 is 0. The number of nitrogens with one attached hydrogen (secondary N) is 1. The molecule has 1 rings (SSSR count). The summed E-state index contributed by atoms with van der Waals surface area (Å²) in [5.41, 5.74) is 6.55. The lowest BCUT2D eigenvalue weighted by Crippen LogP contribution is -2.21. The second-order valence-corrected chi connectivity index (χ2v) is 7.80. The molecule has 0 spiro atoms. The summed E-state index contributed by atoms with van der Waals surface area (Å²) in [6.45, 7) is 20.7. The first-order valence-corrected chi connectivity index (χ1v) is 9.01. The number of rotatable bonds is 7. The zero-order valence-electron chi connectivity index (χ0n) is 16.7. The van der Waals surface area contributed by atoms with Gasteiger partial charge in [-0.25, -0.2) is 0 Å². The zero-order valence-corrected chi connectivity index (χ0v) is 16.7. The third kappa shape index (κ3) is 6.03. The minimum Gasteiger partial charge on any atom is -0.385 e. The summed E-state index contributed by atoms with van der Waals surface area (Å²) < 4.78 is 0. The molecule has 0 aliphatic heterocycles. The quantitative estimate of drug-likeness (QED) is 0.563. The van der Waals surface area contributed by atoms with Crippen molar-refractivity contribution in [2.75, 3.05) is 6.54 Å². The van der Waals surface area contributed by atoms with Crippen LogP contribution in [0.25, 0.3) is 5.70 Å². The summed E-state index contributed by atoms with van der Waals surface area (Å²) in [5, 5.41) is 3.50. The minimum atomic E-state index is 0.190. The van der Waals surface area contributed by atoms with Gasteiger partial charge in [-0.15, -0.1) is 0 Å². The van der Waals surface area contributed by atoms with Crippen LogP contribution in [0.2, 0.25) is 0 Å². The van der Waals surface area contributed by atoms with Gasteiger partial charge in [0.15, 0.2) is 0 Å². The fourth-order valence-corrected chi connectivity index (χ4v) is 3.09. The standard InChI is InChI=1S/C23H35N/c1-9-20(22(10-2)23(6,7)8)15-18(4)16-24-19(5)21-13-11-17(3)12-14-21/h9-14,18,24H,5,15-16H2,1-4,6-8H3/b20-9-,22-10+. The van der Waals surface area contributed by atoms with E-state index in [4.69, 9.17) is 0 Å². The molecule has 1 atom stereocenters. The minimum absolute atomic E-state index is 0.190. The lowest BCUT2D eigenvalue weighted by molar-refractivity contribution is 0.488. The van der Waals surface area contributed by atoms with Crippen LogP contribution in [-0.4, -0.2) is 6.54 Å². The number of hydrogen-bond acceptors (Lipinski definition) is 1.